The van der Waals surface area contributed by atoms with Crippen LogP contribution in [0.25, 0.3) is 10.9 Å². The Hall–Kier alpha value is -1.35. The topological polar surface area (TPSA) is 41.8 Å². The molecule has 2 nitrogen and oxygen atoms in total. The first-order valence-electron chi connectivity index (χ1n) is 5.27. The van der Waals surface area contributed by atoms with E-state index >= 15 is 0 Å². The summed E-state index contributed by atoms with van der Waals surface area (Å²) in [6.45, 7) is 0.699. The lowest BCUT2D eigenvalue weighted by Gasteiger charge is -1.99. The predicted molar refractivity (Wildman–Crippen MR) is 60.2 cm³/mol. The molecule has 0 radical (unpaired) electrons. The average Bonchev–Trinajstić information content (AvgIpc) is 2.63. The first kappa shape index (κ1) is 10.2. The Labute approximate surface area is 88.3 Å². The van der Waals surface area contributed by atoms with E-state index in [0.717, 1.165) is 35.7 Å². The number of hydrogen-bond acceptors (Lipinski definition) is 1. The molecule has 0 amide bonds. The summed E-state index contributed by atoms with van der Waals surface area (Å²) in [6.07, 6.45) is 4.78. The molecule has 15 heavy (non-hydrogen) atoms. The van der Waals surface area contributed by atoms with E-state index in [9.17, 15) is 4.39 Å². The minimum absolute atomic E-state index is 0.142. The molecule has 1 aromatic heterocycles. The molecule has 1 heterocycles. The minimum Gasteiger partial charge on any atom is -0.361 e. The lowest BCUT2D eigenvalue weighted by Crippen LogP contribution is -1.98. The van der Waals surface area contributed by atoms with Gasteiger partial charge in [0.15, 0.2) is 0 Å². The molecule has 0 aliphatic heterocycles. The van der Waals surface area contributed by atoms with E-state index < -0.39 is 0 Å². The maximum absolute atomic E-state index is 13.5. The lowest BCUT2D eigenvalue weighted by atomic mass is 10.1. The number of nitrogens with one attached hydrogen (secondary N) is 1. The number of aromatic nitrogens is 1. The Morgan fingerprint density at radius 1 is 1.27 bits per heavy atom. The summed E-state index contributed by atoms with van der Waals surface area (Å²) >= 11 is 0. The summed E-state index contributed by atoms with van der Waals surface area (Å²) in [5, 5.41) is 0.731. The molecule has 3 N–H and O–H groups in total. The van der Waals surface area contributed by atoms with Crippen molar-refractivity contribution in [1.82, 2.24) is 4.98 Å². The molecule has 2 aromatic rings. The normalized spacial score (nSPS) is 11.1. The molecule has 80 valence electrons. The van der Waals surface area contributed by atoms with Crippen LogP contribution < -0.4 is 5.73 Å². The van der Waals surface area contributed by atoms with Gasteiger partial charge in [-0.05, 0) is 43.5 Å². The Morgan fingerprint density at radius 2 is 2.13 bits per heavy atom. The number of fused-ring (bicyclic) bond motifs is 1. The third-order valence-electron chi connectivity index (χ3n) is 2.64. The Bertz CT molecular complexity index is 448. The maximum atomic E-state index is 13.5. The zero-order chi connectivity index (χ0) is 10.7. The second-order valence-electron chi connectivity index (χ2n) is 3.72. The smallest absolute Gasteiger partial charge is 0.132 e. The maximum Gasteiger partial charge on any atom is 0.132 e. The van der Waals surface area contributed by atoms with Gasteiger partial charge in [0, 0.05) is 17.1 Å². The van der Waals surface area contributed by atoms with Crippen molar-refractivity contribution in [3.63, 3.8) is 0 Å². The van der Waals surface area contributed by atoms with Crippen molar-refractivity contribution in [1.29, 1.82) is 0 Å². The number of aryl methyl sites for hydroxylation is 1. The number of unbranched alkanes of at least 4 members (excludes halogenated alkanes) is 1. The Morgan fingerprint density at radius 3 is 2.93 bits per heavy atom. The molecule has 0 saturated heterocycles. The molecular weight excluding hydrogens is 191 g/mol. The quantitative estimate of drug-likeness (QED) is 0.742. The van der Waals surface area contributed by atoms with Gasteiger partial charge in [-0.1, -0.05) is 6.07 Å². The summed E-state index contributed by atoms with van der Waals surface area (Å²) < 4.78 is 13.5. The largest absolute Gasteiger partial charge is 0.361 e. The van der Waals surface area contributed by atoms with Gasteiger partial charge in [-0.2, -0.15) is 0 Å². The lowest BCUT2D eigenvalue weighted by molar-refractivity contribution is 0.638. The van der Waals surface area contributed by atoms with Crippen molar-refractivity contribution in [3.8, 4) is 0 Å². The van der Waals surface area contributed by atoms with Gasteiger partial charge in [-0.25, -0.2) is 4.39 Å². The summed E-state index contributed by atoms with van der Waals surface area (Å²) in [6, 6.07) is 5.12. The highest BCUT2D eigenvalue weighted by Gasteiger charge is 2.07. The van der Waals surface area contributed by atoms with Crippen LogP contribution in [0, 0.1) is 5.82 Å². The van der Waals surface area contributed by atoms with E-state index in [4.69, 9.17) is 5.73 Å². The van der Waals surface area contributed by atoms with Crippen molar-refractivity contribution in [2.45, 2.75) is 19.3 Å². The molecule has 0 spiro atoms. The molecule has 2 rings (SSSR count). The summed E-state index contributed by atoms with van der Waals surface area (Å²) in [5.74, 6) is -0.142. The van der Waals surface area contributed by atoms with Crippen LogP contribution in [-0.4, -0.2) is 11.5 Å². The number of aromatic amines is 1. The van der Waals surface area contributed by atoms with Crippen LogP contribution in [0.5, 0.6) is 0 Å². The fourth-order valence-corrected chi connectivity index (χ4v) is 1.86. The molecule has 0 atom stereocenters. The monoisotopic (exact) mass is 206 g/mol. The highest BCUT2D eigenvalue weighted by Crippen LogP contribution is 2.22. The fraction of sp³-hybridized carbons (Fsp3) is 0.333. The SMILES string of the molecule is NCCCCc1c[nH]c2cccc(F)c12. The zero-order valence-corrected chi connectivity index (χ0v) is 8.59. The standard InChI is InChI=1S/C12H15FN2/c13-10-5-3-6-11-12(10)9(8-15-11)4-1-2-7-14/h3,5-6,8,15H,1-2,4,7,14H2. The zero-order valence-electron chi connectivity index (χ0n) is 8.59. The van der Waals surface area contributed by atoms with E-state index in [1.807, 2.05) is 12.3 Å². The van der Waals surface area contributed by atoms with E-state index in [0.29, 0.717) is 6.54 Å². The molecule has 0 unspecified atom stereocenters. The van der Waals surface area contributed by atoms with Gasteiger partial charge in [0.1, 0.15) is 5.82 Å². The number of hydrogen-bond donors (Lipinski definition) is 2. The van der Waals surface area contributed by atoms with Crippen molar-refractivity contribution >= 4 is 10.9 Å². The third-order valence-corrected chi connectivity index (χ3v) is 2.64. The average molecular weight is 206 g/mol. The second-order valence-corrected chi connectivity index (χ2v) is 3.72. The van der Waals surface area contributed by atoms with Crippen LogP contribution in [0.2, 0.25) is 0 Å². The van der Waals surface area contributed by atoms with Gasteiger partial charge in [0.05, 0.1) is 0 Å². The Balaban J connectivity index is 2.27. The van der Waals surface area contributed by atoms with Crippen LogP contribution in [-0.2, 0) is 6.42 Å². The molecule has 0 fully saturated rings. The van der Waals surface area contributed by atoms with Crippen LogP contribution in [0.4, 0.5) is 4.39 Å². The first-order chi connectivity index (χ1) is 7.33. The van der Waals surface area contributed by atoms with Crippen LogP contribution in [0.3, 0.4) is 0 Å². The first-order valence-corrected chi connectivity index (χ1v) is 5.27. The molecule has 0 bridgehead atoms. The van der Waals surface area contributed by atoms with Crippen LogP contribution in [0.1, 0.15) is 18.4 Å². The van der Waals surface area contributed by atoms with Crippen molar-refractivity contribution in [2.75, 3.05) is 6.54 Å². The van der Waals surface area contributed by atoms with Gasteiger partial charge in [0.25, 0.3) is 0 Å². The molecule has 0 aliphatic carbocycles. The van der Waals surface area contributed by atoms with Crippen LogP contribution in [0.15, 0.2) is 24.4 Å². The number of nitrogens with two attached hydrogens (primary N) is 1. The number of rotatable bonds is 4. The number of H-pyrrole nitrogens is 1. The molecule has 1 aromatic carbocycles. The van der Waals surface area contributed by atoms with Gasteiger partial charge >= 0.3 is 0 Å². The fourth-order valence-electron chi connectivity index (χ4n) is 1.86. The van der Waals surface area contributed by atoms with Gasteiger partial charge in [-0.15, -0.1) is 0 Å². The van der Waals surface area contributed by atoms with E-state index in [-0.39, 0.29) is 5.82 Å². The highest BCUT2D eigenvalue weighted by molar-refractivity contribution is 5.83. The summed E-state index contributed by atoms with van der Waals surface area (Å²) in [7, 11) is 0. The van der Waals surface area contributed by atoms with E-state index in [1.54, 1.807) is 6.07 Å². The third kappa shape index (κ3) is 2.02. The van der Waals surface area contributed by atoms with Crippen molar-refractivity contribution in [3.05, 3.63) is 35.8 Å². The molecular formula is C12H15FN2. The molecule has 0 saturated carbocycles. The van der Waals surface area contributed by atoms with Crippen molar-refractivity contribution < 1.29 is 4.39 Å². The van der Waals surface area contributed by atoms with Crippen LogP contribution >= 0.6 is 0 Å². The second kappa shape index (κ2) is 4.45. The minimum atomic E-state index is -0.142. The number of benzene rings is 1. The summed E-state index contributed by atoms with van der Waals surface area (Å²) in [5.41, 5.74) is 7.35. The molecule has 0 aliphatic rings. The summed E-state index contributed by atoms with van der Waals surface area (Å²) in [4.78, 5) is 3.08. The Kier molecular flexibility index (Phi) is 3.02. The van der Waals surface area contributed by atoms with Gasteiger partial charge < -0.3 is 10.7 Å². The van der Waals surface area contributed by atoms with E-state index in [2.05, 4.69) is 4.98 Å². The van der Waals surface area contributed by atoms with Crippen molar-refractivity contribution in [2.24, 2.45) is 5.73 Å². The number of halogens is 1. The van der Waals surface area contributed by atoms with Gasteiger partial charge in [0.2, 0.25) is 0 Å². The highest BCUT2D eigenvalue weighted by atomic mass is 19.1. The van der Waals surface area contributed by atoms with Gasteiger partial charge in [-0.3, -0.25) is 0 Å². The molecule has 3 heteroatoms. The van der Waals surface area contributed by atoms with E-state index in [1.165, 1.54) is 6.07 Å². The predicted octanol–water partition coefficient (Wildman–Crippen LogP) is 2.59.